The van der Waals surface area contributed by atoms with E-state index < -0.39 is 0 Å². The summed E-state index contributed by atoms with van der Waals surface area (Å²) >= 11 is 0. The Labute approximate surface area is 126 Å². The summed E-state index contributed by atoms with van der Waals surface area (Å²) in [4.78, 5) is 14.7. The Hall–Kier alpha value is -1.77. The van der Waals surface area contributed by atoms with Gasteiger partial charge in [0.15, 0.2) is 0 Å². The van der Waals surface area contributed by atoms with E-state index in [0.29, 0.717) is 0 Å². The van der Waals surface area contributed by atoms with Crippen LogP contribution < -0.4 is 10.5 Å². The first-order valence-electron chi connectivity index (χ1n) is 7.60. The van der Waals surface area contributed by atoms with Crippen LogP contribution in [-0.2, 0) is 13.5 Å². The predicted molar refractivity (Wildman–Crippen MR) is 89.5 cm³/mol. The molecule has 3 rings (SSSR count). The Balaban J connectivity index is 2.39. The molecule has 2 aromatic rings. The highest BCUT2D eigenvalue weighted by Gasteiger charge is 2.30. The average Bonchev–Trinajstić information content (AvgIpc) is 2.46. The van der Waals surface area contributed by atoms with Gasteiger partial charge in [-0.25, -0.2) is 0 Å². The molecule has 0 saturated heterocycles. The van der Waals surface area contributed by atoms with Crippen molar-refractivity contribution in [1.29, 1.82) is 0 Å². The quantitative estimate of drug-likeness (QED) is 0.741. The van der Waals surface area contributed by atoms with Gasteiger partial charge >= 0.3 is 0 Å². The van der Waals surface area contributed by atoms with Crippen LogP contribution in [0.2, 0.25) is 0 Å². The lowest BCUT2D eigenvalue weighted by atomic mass is 9.86. The van der Waals surface area contributed by atoms with Crippen molar-refractivity contribution in [2.75, 3.05) is 11.9 Å². The number of benzene rings is 1. The third-order valence-electron chi connectivity index (χ3n) is 5.43. The normalized spacial score (nSPS) is 17.1. The van der Waals surface area contributed by atoms with E-state index in [-0.39, 0.29) is 11.1 Å². The van der Waals surface area contributed by atoms with E-state index in [9.17, 15) is 4.79 Å². The highest BCUT2D eigenvalue weighted by Crippen LogP contribution is 2.38. The minimum atomic E-state index is 0.109. The second kappa shape index (κ2) is 4.36. The number of rotatable bonds is 0. The van der Waals surface area contributed by atoms with E-state index in [1.807, 2.05) is 14.0 Å². The molecule has 1 aromatic heterocycles. The van der Waals surface area contributed by atoms with Crippen LogP contribution in [0.3, 0.4) is 0 Å². The van der Waals surface area contributed by atoms with Crippen LogP contribution in [0.1, 0.15) is 37.0 Å². The SMILES string of the molecule is Cc1c(C)c2cc3c(cc2n(C)c1=O)N(C)C(C)(C)CC3. The van der Waals surface area contributed by atoms with Crippen molar-refractivity contribution in [3.8, 4) is 0 Å². The Morgan fingerprint density at radius 3 is 2.43 bits per heavy atom. The van der Waals surface area contributed by atoms with Gasteiger partial charge in [-0.2, -0.15) is 0 Å². The van der Waals surface area contributed by atoms with Crippen molar-refractivity contribution in [2.45, 2.75) is 46.1 Å². The van der Waals surface area contributed by atoms with Gasteiger partial charge in [-0.05, 0) is 63.8 Å². The second-order valence-corrected chi connectivity index (χ2v) is 6.98. The summed E-state index contributed by atoms with van der Waals surface area (Å²) in [5.74, 6) is 0. The van der Waals surface area contributed by atoms with E-state index in [1.54, 1.807) is 4.57 Å². The van der Waals surface area contributed by atoms with E-state index >= 15 is 0 Å². The number of anilines is 1. The van der Waals surface area contributed by atoms with E-state index in [0.717, 1.165) is 29.5 Å². The Morgan fingerprint density at radius 2 is 1.76 bits per heavy atom. The van der Waals surface area contributed by atoms with Crippen LogP contribution in [0.25, 0.3) is 10.9 Å². The lowest BCUT2D eigenvalue weighted by Crippen LogP contribution is -2.44. The molecule has 0 saturated carbocycles. The summed E-state index contributed by atoms with van der Waals surface area (Å²) in [6.45, 7) is 8.53. The van der Waals surface area contributed by atoms with Crippen LogP contribution in [0.15, 0.2) is 16.9 Å². The smallest absolute Gasteiger partial charge is 0.253 e. The average molecular weight is 284 g/mol. The highest BCUT2D eigenvalue weighted by atomic mass is 16.1. The molecule has 0 amide bonds. The van der Waals surface area contributed by atoms with Gasteiger partial charge in [0.05, 0.1) is 5.52 Å². The van der Waals surface area contributed by atoms with Crippen molar-refractivity contribution in [1.82, 2.24) is 4.57 Å². The lowest BCUT2D eigenvalue weighted by molar-refractivity contribution is 0.432. The fourth-order valence-electron chi connectivity index (χ4n) is 3.37. The third kappa shape index (κ3) is 1.90. The molecular weight excluding hydrogens is 260 g/mol. The first-order chi connectivity index (χ1) is 9.74. The Kier molecular flexibility index (Phi) is 2.94. The van der Waals surface area contributed by atoms with Gasteiger partial charge in [-0.15, -0.1) is 0 Å². The largest absolute Gasteiger partial charge is 0.369 e. The van der Waals surface area contributed by atoms with Crippen LogP contribution >= 0.6 is 0 Å². The molecule has 1 aliphatic heterocycles. The summed E-state index contributed by atoms with van der Waals surface area (Å²) in [6, 6.07) is 4.48. The molecule has 0 aliphatic carbocycles. The minimum absolute atomic E-state index is 0.109. The molecule has 1 aromatic carbocycles. The third-order valence-corrected chi connectivity index (χ3v) is 5.43. The number of fused-ring (bicyclic) bond motifs is 2. The van der Waals surface area contributed by atoms with Crippen molar-refractivity contribution in [2.24, 2.45) is 7.05 Å². The molecule has 3 heteroatoms. The molecule has 0 fully saturated rings. The van der Waals surface area contributed by atoms with Gasteiger partial charge in [0.25, 0.3) is 5.56 Å². The molecule has 0 radical (unpaired) electrons. The van der Waals surface area contributed by atoms with Crippen LogP contribution in [0, 0.1) is 13.8 Å². The second-order valence-electron chi connectivity index (χ2n) is 6.98. The van der Waals surface area contributed by atoms with Crippen molar-refractivity contribution < 1.29 is 0 Å². The summed E-state index contributed by atoms with van der Waals surface area (Å²) in [7, 11) is 4.03. The minimum Gasteiger partial charge on any atom is -0.369 e. The Bertz CT molecular complexity index is 799. The molecule has 21 heavy (non-hydrogen) atoms. The molecule has 0 unspecified atom stereocenters. The van der Waals surface area contributed by atoms with Gasteiger partial charge in [-0.1, -0.05) is 0 Å². The molecular formula is C18H24N2O. The Morgan fingerprint density at radius 1 is 1.10 bits per heavy atom. The number of pyridine rings is 1. The fraction of sp³-hybridized carbons (Fsp3) is 0.500. The zero-order chi connectivity index (χ0) is 15.5. The summed E-state index contributed by atoms with van der Waals surface area (Å²) in [5.41, 5.74) is 5.93. The van der Waals surface area contributed by atoms with E-state index in [2.05, 4.69) is 44.9 Å². The maximum atomic E-state index is 12.3. The van der Waals surface area contributed by atoms with Crippen molar-refractivity contribution in [3.63, 3.8) is 0 Å². The molecule has 3 nitrogen and oxygen atoms in total. The summed E-state index contributed by atoms with van der Waals surface area (Å²) in [5, 5.41) is 1.21. The molecule has 2 heterocycles. The standard InChI is InChI=1S/C18H24N2O/c1-11-12(2)17(21)19(5)16-10-15-13(9-14(11)16)7-8-18(3,4)20(15)6/h9-10H,7-8H2,1-6H3. The number of hydrogen-bond acceptors (Lipinski definition) is 2. The molecule has 0 atom stereocenters. The molecule has 0 spiro atoms. The molecule has 112 valence electrons. The number of aryl methyl sites for hydroxylation is 3. The van der Waals surface area contributed by atoms with Gasteiger partial charge in [0.1, 0.15) is 0 Å². The van der Waals surface area contributed by atoms with Crippen LogP contribution in [0.5, 0.6) is 0 Å². The van der Waals surface area contributed by atoms with Gasteiger partial charge in [0.2, 0.25) is 0 Å². The zero-order valence-corrected chi connectivity index (χ0v) is 13.9. The molecule has 0 N–H and O–H groups in total. The lowest BCUT2D eigenvalue weighted by Gasteiger charge is -2.43. The maximum Gasteiger partial charge on any atom is 0.253 e. The summed E-state index contributed by atoms with van der Waals surface area (Å²) in [6.07, 6.45) is 2.26. The van der Waals surface area contributed by atoms with Crippen molar-refractivity contribution >= 4 is 16.6 Å². The van der Waals surface area contributed by atoms with Gasteiger partial charge in [-0.3, -0.25) is 4.79 Å². The van der Waals surface area contributed by atoms with E-state index in [1.165, 1.54) is 16.6 Å². The highest BCUT2D eigenvalue weighted by molar-refractivity contribution is 5.88. The van der Waals surface area contributed by atoms with E-state index in [4.69, 9.17) is 0 Å². The van der Waals surface area contributed by atoms with Gasteiger partial charge in [0, 0.05) is 36.3 Å². The monoisotopic (exact) mass is 284 g/mol. The van der Waals surface area contributed by atoms with Crippen LogP contribution in [0.4, 0.5) is 5.69 Å². The van der Waals surface area contributed by atoms with Gasteiger partial charge < -0.3 is 9.47 Å². The molecule has 0 bridgehead atoms. The number of hydrogen-bond donors (Lipinski definition) is 0. The van der Waals surface area contributed by atoms with Crippen molar-refractivity contribution in [3.05, 3.63) is 39.2 Å². The first kappa shape index (κ1) is 14.2. The number of nitrogens with zero attached hydrogens (tertiary/aromatic N) is 2. The summed E-state index contributed by atoms with van der Waals surface area (Å²) < 4.78 is 1.79. The number of aromatic nitrogens is 1. The predicted octanol–water partition coefficient (Wildman–Crippen LogP) is 3.32. The first-order valence-corrected chi connectivity index (χ1v) is 7.60. The maximum absolute atomic E-state index is 12.3. The topological polar surface area (TPSA) is 25.2 Å². The van der Waals surface area contributed by atoms with Crippen LogP contribution in [-0.4, -0.2) is 17.2 Å². The zero-order valence-electron chi connectivity index (χ0n) is 13.9. The fourth-order valence-corrected chi connectivity index (χ4v) is 3.37. The molecule has 1 aliphatic rings.